The van der Waals surface area contributed by atoms with Gasteiger partial charge in [0.2, 0.25) is 5.91 Å². The van der Waals surface area contributed by atoms with E-state index in [0.717, 1.165) is 19.5 Å². The lowest BCUT2D eigenvalue weighted by molar-refractivity contribution is -0.124. The summed E-state index contributed by atoms with van der Waals surface area (Å²) in [5.74, 6) is 0.673. The Morgan fingerprint density at radius 1 is 1.31 bits per heavy atom. The van der Waals surface area contributed by atoms with Crippen molar-refractivity contribution in [3.8, 4) is 5.75 Å². The molecule has 1 aliphatic heterocycles. The average Bonchev–Trinajstić information content (AvgIpc) is 2.66. The Morgan fingerprint density at radius 2 is 2.08 bits per heavy atom. The summed E-state index contributed by atoms with van der Waals surface area (Å²) in [5.41, 5.74) is 0.432. The second kappa shape index (κ2) is 10.2. The minimum atomic E-state index is -0.572. The second-order valence-corrected chi connectivity index (χ2v) is 7.19. The minimum absolute atomic E-state index is 0.00926. The largest absolute Gasteiger partial charge is 0.496 e. The molecule has 1 fully saturated rings. The van der Waals surface area contributed by atoms with E-state index < -0.39 is 6.04 Å². The fourth-order valence-corrected chi connectivity index (χ4v) is 3.27. The van der Waals surface area contributed by atoms with Gasteiger partial charge in [-0.05, 0) is 56.3 Å². The molecular weight excluding hydrogens is 330 g/mol. The summed E-state index contributed by atoms with van der Waals surface area (Å²) in [6, 6.07) is 6.44. The van der Waals surface area contributed by atoms with Crippen LogP contribution in [0.3, 0.4) is 0 Å². The number of benzene rings is 1. The molecule has 1 aromatic rings. The molecule has 1 aromatic carbocycles. The molecule has 3 N–H and O–H groups in total. The van der Waals surface area contributed by atoms with Crippen LogP contribution in [-0.2, 0) is 4.79 Å². The van der Waals surface area contributed by atoms with Crippen LogP contribution in [0.15, 0.2) is 24.3 Å². The fraction of sp³-hybridized carbons (Fsp3) is 0.600. The predicted octanol–water partition coefficient (Wildman–Crippen LogP) is 1.96. The number of hydrogen-bond donors (Lipinski definition) is 3. The maximum absolute atomic E-state index is 12.6. The Kier molecular flexibility index (Phi) is 7.91. The first-order chi connectivity index (χ1) is 12.5. The van der Waals surface area contributed by atoms with E-state index in [2.05, 4.69) is 16.0 Å². The standard InChI is InChI=1S/C20H31N3O3/c1-14(2)18(20(25)22-12-10-15-7-6-11-21-13-15)23-19(24)16-8-4-5-9-17(16)26-3/h4-5,8-9,14-15,18,21H,6-7,10-13H2,1-3H3,(H,22,25)(H,23,24). The zero-order chi connectivity index (χ0) is 18.9. The average molecular weight is 361 g/mol. The molecule has 6 heteroatoms. The van der Waals surface area contributed by atoms with Crippen molar-refractivity contribution in [2.24, 2.45) is 11.8 Å². The molecule has 0 radical (unpaired) electrons. The summed E-state index contributed by atoms with van der Waals surface area (Å²) in [5, 5.41) is 9.22. The van der Waals surface area contributed by atoms with E-state index in [4.69, 9.17) is 4.74 Å². The van der Waals surface area contributed by atoms with Crippen LogP contribution in [0.4, 0.5) is 0 Å². The second-order valence-electron chi connectivity index (χ2n) is 7.19. The van der Waals surface area contributed by atoms with Crippen LogP contribution < -0.4 is 20.7 Å². The van der Waals surface area contributed by atoms with Gasteiger partial charge in [-0.1, -0.05) is 26.0 Å². The van der Waals surface area contributed by atoms with E-state index in [9.17, 15) is 9.59 Å². The molecule has 2 amide bonds. The highest BCUT2D eigenvalue weighted by atomic mass is 16.5. The van der Waals surface area contributed by atoms with Crippen molar-refractivity contribution in [2.75, 3.05) is 26.7 Å². The Morgan fingerprint density at radius 3 is 2.73 bits per heavy atom. The number of carbonyl (C=O) groups excluding carboxylic acids is 2. The Bertz CT molecular complexity index is 598. The van der Waals surface area contributed by atoms with Crippen molar-refractivity contribution in [2.45, 2.75) is 39.2 Å². The third kappa shape index (κ3) is 5.73. The number of amides is 2. The molecule has 2 rings (SSSR count). The number of methoxy groups -OCH3 is 1. The predicted molar refractivity (Wildman–Crippen MR) is 102 cm³/mol. The van der Waals surface area contributed by atoms with Gasteiger partial charge in [-0.25, -0.2) is 0 Å². The van der Waals surface area contributed by atoms with Gasteiger partial charge in [-0.3, -0.25) is 9.59 Å². The van der Waals surface area contributed by atoms with Gasteiger partial charge in [-0.2, -0.15) is 0 Å². The first-order valence-electron chi connectivity index (χ1n) is 9.45. The third-order valence-electron chi connectivity index (χ3n) is 4.84. The molecule has 26 heavy (non-hydrogen) atoms. The molecule has 0 aliphatic carbocycles. The SMILES string of the molecule is COc1ccccc1C(=O)NC(C(=O)NCCC1CCCNC1)C(C)C. The molecule has 2 unspecified atom stereocenters. The van der Waals surface area contributed by atoms with Gasteiger partial charge in [-0.15, -0.1) is 0 Å². The van der Waals surface area contributed by atoms with Crippen molar-refractivity contribution in [1.29, 1.82) is 0 Å². The van der Waals surface area contributed by atoms with Crippen molar-refractivity contribution in [1.82, 2.24) is 16.0 Å². The lowest BCUT2D eigenvalue weighted by Crippen LogP contribution is -2.50. The minimum Gasteiger partial charge on any atom is -0.496 e. The summed E-state index contributed by atoms with van der Waals surface area (Å²) < 4.78 is 5.23. The molecule has 1 aliphatic rings. The topological polar surface area (TPSA) is 79.5 Å². The van der Waals surface area contributed by atoms with Crippen LogP contribution in [0.5, 0.6) is 5.75 Å². The van der Waals surface area contributed by atoms with Gasteiger partial charge in [0.15, 0.2) is 0 Å². The number of piperidine rings is 1. The van der Waals surface area contributed by atoms with E-state index in [1.165, 1.54) is 20.0 Å². The van der Waals surface area contributed by atoms with Gasteiger partial charge >= 0.3 is 0 Å². The van der Waals surface area contributed by atoms with Gasteiger partial charge in [0.1, 0.15) is 11.8 Å². The number of nitrogens with one attached hydrogen (secondary N) is 3. The van der Waals surface area contributed by atoms with E-state index in [-0.39, 0.29) is 17.7 Å². The molecule has 1 heterocycles. The quantitative estimate of drug-likeness (QED) is 0.661. The summed E-state index contributed by atoms with van der Waals surface area (Å²) in [6.07, 6.45) is 3.37. The van der Waals surface area contributed by atoms with Gasteiger partial charge < -0.3 is 20.7 Å². The highest BCUT2D eigenvalue weighted by Gasteiger charge is 2.25. The zero-order valence-electron chi connectivity index (χ0n) is 16.0. The normalized spacial score (nSPS) is 18.2. The monoisotopic (exact) mass is 361 g/mol. The first-order valence-corrected chi connectivity index (χ1v) is 9.45. The maximum atomic E-state index is 12.6. The first kappa shape index (κ1) is 20.2. The van der Waals surface area contributed by atoms with Crippen LogP contribution in [-0.4, -0.2) is 44.6 Å². The van der Waals surface area contributed by atoms with Crippen molar-refractivity contribution < 1.29 is 14.3 Å². The summed E-state index contributed by atoms with van der Waals surface area (Å²) in [7, 11) is 1.53. The smallest absolute Gasteiger partial charge is 0.255 e. The highest BCUT2D eigenvalue weighted by Crippen LogP contribution is 2.18. The summed E-state index contributed by atoms with van der Waals surface area (Å²) in [6.45, 7) is 6.61. The van der Waals surface area contributed by atoms with Crippen LogP contribution in [0.2, 0.25) is 0 Å². The van der Waals surface area contributed by atoms with E-state index >= 15 is 0 Å². The fourth-order valence-electron chi connectivity index (χ4n) is 3.27. The summed E-state index contributed by atoms with van der Waals surface area (Å²) >= 11 is 0. The van der Waals surface area contributed by atoms with Crippen LogP contribution in [0, 0.1) is 11.8 Å². The zero-order valence-corrected chi connectivity index (χ0v) is 16.0. The molecule has 6 nitrogen and oxygen atoms in total. The summed E-state index contributed by atoms with van der Waals surface area (Å²) in [4.78, 5) is 25.2. The van der Waals surface area contributed by atoms with Crippen molar-refractivity contribution >= 4 is 11.8 Å². The number of rotatable bonds is 8. The maximum Gasteiger partial charge on any atom is 0.255 e. The molecule has 0 spiro atoms. The number of carbonyl (C=O) groups is 2. The van der Waals surface area contributed by atoms with Gasteiger partial charge in [0.25, 0.3) is 5.91 Å². The van der Waals surface area contributed by atoms with E-state index in [1.807, 2.05) is 19.9 Å². The highest BCUT2D eigenvalue weighted by molar-refractivity contribution is 5.99. The molecular formula is C20H31N3O3. The lowest BCUT2D eigenvalue weighted by atomic mass is 9.96. The molecule has 144 valence electrons. The van der Waals surface area contributed by atoms with Crippen LogP contribution >= 0.6 is 0 Å². The van der Waals surface area contributed by atoms with Crippen molar-refractivity contribution in [3.05, 3.63) is 29.8 Å². The van der Waals surface area contributed by atoms with E-state index in [1.54, 1.807) is 18.2 Å². The Labute approximate surface area is 156 Å². The third-order valence-corrected chi connectivity index (χ3v) is 4.84. The lowest BCUT2D eigenvalue weighted by Gasteiger charge is -2.25. The van der Waals surface area contributed by atoms with Crippen LogP contribution in [0.1, 0.15) is 43.5 Å². The van der Waals surface area contributed by atoms with E-state index in [0.29, 0.717) is 23.8 Å². The number of ether oxygens (including phenoxy) is 1. The molecule has 0 aromatic heterocycles. The number of hydrogen-bond acceptors (Lipinski definition) is 4. The molecule has 2 atom stereocenters. The van der Waals surface area contributed by atoms with Gasteiger partial charge in [0, 0.05) is 6.54 Å². The Hall–Kier alpha value is -2.08. The van der Waals surface area contributed by atoms with Crippen molar-refractivity contribution in [3.63, 3.8) is 0 Å². The Balaban J connectivity index is 1.90. The van der Waals surface area contributed by atoms with Crippen LogP contribution in [0.25, 0.3) is 0 Å². The van der Waals surface area contributed by atoms with Gasteiger partial charge in [0.05, 0.1) is 12.7 Å². The molecule has 0 bridgehead atoms. The molecule has 1 saturated heterocycles. The number of para-hydroxylation sites is 1. The molecule has 0 saturated carbocycles.